The minimum Gasteiger partial charge on any atom is -0.347 e. The Balaban J connectivity index is 1.29. The molecule has 1 aromatic heterocycles. The molecule has 2 aromatic carbocycles. The quantitative estimate of drug-likeness (QED) is 0.624. The summed E-state index contributed by atoms with van der Waals surface area (Å²) in [4.78, 5) is 26.3. The molecule has 30 heavy (non-hydrogen) atoms. The van der Waals surface area contributed by atoms with Crippen molar-refractivity contribution >= 4 is 11.8 Å². The first-order valence-corrected chi connectivity index (χ1v) is 10.5. The lowest BCUT2D eigenvalue weighted by Crippen LogP contribution is -2.26. The van der Waals surface area contributed by atoms with Crippen LogP contribution in [0.3, 0.4) is 0 Å². The first-order valence-electron chi connectivity index (χ1n) is 10.5. The summed E-state index contributed by atoms with van der Waals surface area (Å²) >= 11 is 0. The Kier molecular flexibility index (Phi) is 6.28. The number of aromatic nitrogens is 1. The van der Waals surface area contributed by atoms with Crippen LogP contribution in [0.4, 0.5) is 0 Å². The Bertz CT molecular complexity index is 993. The molecule has 4 rings (SSSR count). The fraction of sp³-hybridized carbons (Fsp3) is 0.280. The van der Waals surface area contributed by atoms with Gasteiger partial charge in [0.1, 0.15) is 5.69 Å². The second kappa shape index (κ2) is 9.44. The Morgan fingerprint density at radius 1 is 0.900 bits per heavy atom. The summed E-state index contributed by atoms with van der Waals surface area (Å²) in [6.07, 6.45) is 4.45. The van der Waals surface area contributed by atoms with Crippen LogP contribution >= 0.6 is 0 Å². The highest BCUT2D eigenvalue weighted by atomic mass is 16.2. The third kappa shape index (κ3) is 4.98. The number of aryl methyl sites for hydroxylation is 2. The molecule has 0 radical (unpaired) electrons. The van der Waals surface area contributed by atoms with Crippen molar-refractivity contribution in [1.82, 2.24) is 14.8 Å². The molecule has 2 heterocycles. The van der Waals surface area contributed by atoms with Crippen molar-refractivity contribution in [2.75, 3.05) is 6.54 Å². The van der Waals surface area contributed by atoms with E-state index < -0.39 is 0 Å². The lowest BCUT2D eigenvalue weighted by molar-refractivity contribution is -0.128. The first-order chi connectivity index (χ1) is 14.7. The number of likely N-dealkylation sites (tertiary alicyclic amines) is 1. The maximum Gasteiger partial charge on any atom is 0.268 e. The van der Waals surface area contributed by atoms with Crippen molar-refractivity contribution in [3.63, 3.8) is 0 Å². The van der Waals surface area contributed by atoms with Crippen molar-refractivity contribution < 1.29 is 9.59 Å². The monoisotopic (exact) mass is 401 g/mol. The van der Waals surface area contributed by atoms with Gasteiger partial charge in [0.2, 0.25) is 5.91 Å². The van der Waals surface area contributed by atoms with Crippen molar-refractivity contribution in [2.24, 2.45) is 0 Å². The molecule has 0 aliphatic carbocycles. The van der Waals surface area contributed by atoms with E-state index in [0.29, 0.717) is 25.2 Å². The molecule has 5 heteroatoms. The predicted octanol–water partition coefficient (Wildman–Crippen LogP) is 3.78. The molecule has 0 bridgehead atoms. The van der Waals surface area contributed by atoms with Gasteiger partial charge in [0.15, 0.2) is 0 Å². The molecule has 2 amide bonds. The van der Waals surface area contributed by atoms with Crippen molar-refractivity contribution in [2.45, 2.75) is 38.9 Å². The van der Waals surface area contributed by atoms with Crippen molar-refractivity contribution in [3.05, 3.63) is 95.3 Å². The lowest BCUT2D eigenvalue weighted by Gasteiger charge is -2.15. The molecule has 1 fully saturated rings. The summed E-state index contributed by atoms with van der Waals surface area (Å²) in [7, 11) is 0. The molecule has 0 spiro atoms. The molecule has 1 aliphatic rings. The number of carbonyl (C=O) groups excluding carboxylic acids is 2. The van der Waals surface area contributed by atoms with Crippen molar-refractivity contribution in [3.8, 4) is 0 Å². The number of hydrogen-bond acceptors (Lipinski definition) is 2. The molecule has 0 saturated carbocycles. The van der Waals surface area contributed by atoms with Crippen LogP contribution in [0.15, 0.2) is 72.9 Å². The fourth-order valence-electron chi connectivity index (χ4n) is 3.84. The van der Waals surface area contributed by atoms with Crippen LogP contribution in [0, 0.1) is 0 Å². The average molecular weight is 402 g/mol. The van der Waals surface area contributed by atoms with Gasteiger partial charge < -0.3 is 14.8 Å². The lowest BCUT2D eigenvalue weighted by atomic mass is 10.1. The van der Waals surface area contributed by atoms with Gasteiger partial charge in [-0.25, -0.2) is 0 Å². The van der Waals surface area contributed by atoms with Gasteiger partial charge in [0, 0.05) is 38.8 Å². The Hall–Kier alpha value is -3.34. The molecule has 5 nitrogen and oxygen atoms in total. The topological polar surface area (TPSA) is 54.3 Å². The van der Waals surface area contributed by atoms with Gasteiger partial charge in [-0.2, -0.15) is 0 Å². The highest BCUT2D eigenvalue weighted by Gasteiger charge is 2.19. The number of nitrogens with zero attached hydrogens (tertiary/aromatic N) is 2. The third-order valence-electron chi connectivity index (χ3n) is 5.57. The van der Waals surface area contributed by atoms with E-state index in [1.54, 1.807) is 0 Å². The van der Waals surface area contributed by atoms with Crippen LogP contribution in [-0.4, -0.2) is 27.8 Å². The molecule has 3 aromatic rings. The van der Waals surface area contributed by atoms with Crippen LogP contribution in [0.5, 0.6) is 0 Å². The van der Waals surface area contributed by atoms with Crippen LogP contribution in [0.2, 0.25) is 0 Å². The summed E-state index contributed by atoms with van der Waals surface area (Å²) in [6, 6.07) is 22.2. The summed E-state index contributed by atoms with van der Waals surface area (Å²) in [6.45, 7) is 2.76. The predicted molar refractivity (Wildman–Crippen MR) is 117 cm³/mol. The standard InChI is InChI=1S/C25H27N3O2/c29-24-9-5-16-28(24)19-22-12-10-21(11-13-22)18-26-25(30)23-8-4-15-27(23)17-14-20-6-2-1-3-7-20/h1-4,6-8,10-13,15H,5,9,14,16-19H2,(H,26,30). The number of benzene rings is 2. The summed E-state index contributed by atoms with van der Waals surface area (Å²) < 4.78 is 2.00. The Morgan fingerprint density at radius 2 is 1.67 bits per heavy atom. The molecule has 154 valence electrons. The first kappa shape index (κ1) is 20.0. The highest BCUT2D eigenvalue weighted by Crippen LogP contribution is 2.15. The number of nitrogens with one attached hydrogen (secondary N) is 1. The molecule has 1 N–H and O–H groups in total. The average Bonchev–Trinajstić information content (AvgIpc) is 3.41. The highest BCUT2D eigenvalue weighted by molar-refractivity contribution is 5.92. The van der Waals surface area contributed by atoms with Gasteiger partial charge in [-0.15, -0.1) is 0 Å². The van der Waals surface area contributed by atoms with Gasteiger partial charge >= 0.3 is 0 Å². The summed E-state index contributed by atoms with van der Waals surface area (Å²) in [5.41, 5.74) is 4.10. The van der Waals surface area contributed by atoms with E-state index in [1.807, 2.05) is 70.3 Å². The number of amides is 2. The minimum atomic E-state index is -0.0696. The van der Waals surface area contributed by atoms with Gasteiger partial charge in [-0.3, -0.25) is 9.59 Å². The molecular formula is C25H27N3O2. The molecular weight excluding hydrogens is 374 g/mol. The van der Waals surface area contributed by atoms with E-state index in [9.17, 15) is 9.59 Å². The number of hydrogen-bond donors (Lipinski definition) is 1. The zero-order valence-corrected chi connectivity index (χ0v) is 17.1. The molecule has 0 atom stereocenters. The second-order valence-corrected chi connectivity index (χ2v) is 7.74. The maximum absolute atomic E-state index is 12.7. The van der Waals surface area contributed by atoms with E-state index in [1.165, 1.54) is 5.56 Å². The number of carbonyl (C=O) groups is 2. The zero-order valence-electron chi connectivity index (χ0n) is 17.1. The summed E-state index contributed by atoms with van der Waals surface area (Å²) in [5, 5.41) is 3.02. The Morgan fingerprint density at radius 3 is 2.40 bits per heavy atom. The van der Waals surface area contributed by atoms with E-state index in [2.05, 4.69) is 17.4 Å². The maximum atomic E-state index is 12.7. The van der Waals surface area contributed by atoms with E-state index in [0.717, 1.165) is 37.1 Å². The van der Waals surface area contributed by atoms with Gasteiger partial charge in [-0.1, -0.05) is 54.6 Å². The molecule has 1 saturated heterocycles. The van der Waals surface area contributed by atoms with Crippen molar-refractivity contribution in [1.29, 1.82) is 0 Å². The van der Waals surface area contributed by atoms with Gasteiger partial charge in [0.25, 0.3) is 5.91 Å². The van der Waals surface area contributed by atoms with Crippen LogP contribution in [0.25, 0.3) is 0 Å². The van der Waals surface area contributed by atoms with E-state index in [-0.39, 0.29) is 11.8 Å². The molecule has 0 unspecified atom stereocenters. The minimum absolute atomic E-state index is 0.0696. The molecule has 1 aliphatic heterocycles. The van der Waals surface area contributed by atoms with E-state index in [4.69, 9.17) is 0 Å². The zero-order chi connectivity index (χ0) is 20.8. The van der Waals surface area contributed by atoms with E-state index >= 15 is 0 Å². The van der Waals surface area contributed by atoms with Crippen LogP contribution in [0.1, 0.15) is 40.0 Å². The summed E-state index contributed by atoms with van der Waals surface area (Å²) in [5.74, 6) is 0.168. The van der Waals surface area contributed by atoms with Gasteiger partial charge in [-0.05, 0) is 41.7 Å². The second-order valence-electron chi connectivity index (χ2n) is 7.74. The van der Waals surface area contributed by atoms with Crippen LogP contribution in [-0.2, 0) is 30.8 Å². The Labute approximate surface area is 177 Å². The number of rotatable bonds is 8. The SMILES string of the molecule is O=C(NCc1ccc(CN2CCCC2=O)cc1)c1cccn1CCc1ccccc1. The third-order valence-corrected chi connectivity index (χ3v) is 5.57. The van der Waals surface area contributed by atoms with Crippen LogP contribution < -0.4 is 5.32 Å². The normalized spacial score (nSPS) is 13.6. The largest absolute Gasteiger partial charge is 0.347 e. The fourth-order valence-corrected chi connectivity index (χ4v) is 3.84. The van der Waals surface area contributed by atoms with Gasteiger partial charge in [0.05, 0.1) is 0 Å². The smallest absolute Gasteiger partial charge is 0.268 e.